The van der Waals surface area contributed by atoms with Gasteiger partial charge in [-0.25, -0.2) is 0 Å². The van der Waals surface area contributed by atoms with Gasteiger partial charge in [0.15, 0.2) is 5.82 Å². The Morgan fingerprint density at radius 1 is 1.19 bits per heavy atom. The van der Waals surface area contributed by atoms with E-state index in [0.717, 1.165) is 5.69 Å². The van der Waals surface area contributed by atoms with Crippen LogP contribution in [0.1, 0.15) is 22.8 Å². The maximum atomic E-state index is 5.02. The molecule has 0 bridgehead atoms. The lowest BCUT2D eigenvalue weighted by atomic mass is 10.1. The first-order chi connectivity index (χ1) is 7.65. The highest BCUT2D eigenvalue weighted by Crippen LogP contribution is 2.14. The second-order valence-electron chi connectivity index (χ2n) is 3.89. The van der Waals surface area contributed by atoms with E-state index in [4.69, 9.17) is 4.52 Å². The summed E-state index contributed by atoms with van der Waals surface area (Å²) in [5, 5.41) is 6.98. The van der Waals surface area contributed by atoms with Crippen molar-refractivity contribution >= 4 is 5.69 Å². The lowest BCUT2D eigenvalue weighted by molar-refractivity contribution is 0.379. The molecule has 0 unspecified atom stereocenters. The van der Waals surface area contributed by atoms with Crippen LogP contribution in [0.25, 0.3) is 0 Å². The average Bonchev–Trinajstić information content (AvgIpc) is 2.66. The smallest absolute Gasteiger partial charge is 0.245 e. The maximum Gasteiger partial charge on any atom is 0.245 e. The Hall–Kier alpha value is -1.84. The average molecular weight is 217 g/mol. The third-order valence-electron chi connectivity index (χ3n) is 2.52. The van der Waals surface area contributed by atoms with Crippen molar-refractivity contribution in [1.29, 1.82) is 0 Å². The molecule has 0 spiro atoms. The molecular weight excluding hydrogens is 202 g/mol. The fourth-order valence-electron chi connectivity index (χ4n) is 1.44. The fourth-order valence-corrected chi connectivity index (χ4v) is 1.44. The minimum Gasteiger partial charge on any atom is -0.376 e. The van der Waals surface area contributed by atoms with Crippen LogP contribution in [0.5, 0.6) is 0 Å². The second-order valence-corrected chi connectivity index (χ2v) is 3.89. The Labute approximate surface area is 94.7 Å². The fraction of sp³-hybridized carbons (Fsp3) is 0.333. The van der Waals surface area contributed by atoms with Crippen molar-refractivity contribution < 1.29 is 4.52 Å². The van der Waals surface area contributed by atoms with Crippen LogP contribution in [0, 0.1) is 20.8 Å². The summed E-state index contributed by atoms with van der Waals surface area (Å²) in [6.45, 7) is 6.56. The molecule has 1 aromatic heterocycles. The molecule has 2 aromatic rings. The summed E-state index contributed by atoms with van der Waals surface area (Å²) in [5.74, 6) is 1.27. The van der Waals surface area contributed by atoms with Gasteiger partial charge in [0.1, 0.15) is 0 Å². The van der Waals surface area contributed by atoms with E-state index in [9.17, 15) is 0 Å². The predicted molar refractivity (Wildman–Crippen MR) is 62.3 cm³/mol. The van der Waals surface area contributed by atoms with E-state index in [1.807, 2.05) is 13.0 Å². The number of rotatable bonds is 3. The number of hydrogen-bond acceptors (Lipinski definition) is 4. The number of anilines is 1. The highest BCUT2D eigenvalue weighted by molar-refractivity contribution is 5.47. The lowest BCUT2D eigenvalue weighted by Crippen LogP contribution is -2.00. The summed E-state index contributed by atoms with van der Waals surface area (Å²) in [6, 6.07) is 6.25. The Kier molecular flexibility index (Phi) is 2.90. The van der Waals surface area contributed by atoms with E-state index in [0.29, 0.717) is 18.3 Å². The Morgan fingerprint density at radius 2 is 2.00 bits per heavy atom. The van der Waals surface area contributed by atoms with Crippen LogP contribution in [-0.4, -0.2) is 10.1 Å². The number of nitrogens with one attached hydrogen (secondary N) is 1. The van der Waals surface area contributed by atoms with Gasteiger partial charge in [-0.05, 0) is 44.0 Å². The first-order valence-electron chi connectivity index (χ1n) is 5.25. The van der Waals surface area contributed by atoms with Crippen molar-refractivity contribution in [3.05, 3.63) is 41.0 Å². The van der Waals surface area contributed by atoms with Gasteiger partial charge in [0.2, 0.25) is 5.89 Å². The van der Waals surface area contributed by atoms with Crippen LogP contribution < -0.4 is 5.32 Å². The molecule has 0 aliphatic heterocycles. The highest BCUT2D eigenvalue weighted by Gasteiger charge is 2.02. The molecule has 1 aromatic carbocycles. The highest BCUT2D eigenvalue weighted by atomic mass is 16.5. The van der Waals surface area contributed by atoms with E-state index in [1.54, 1.807) is 0 Å². The topological polar surface area (TPSA) is 51.0 Å². The third-order valence-corrected chi connectivity index (χ3v) is 2.52. The third kappa shape index (κ3) is 2.39. The van der Waals surface area contributed by atoms with Gasteiger partial charge < -0.3 is 9.84 Å². The number of nitrogens with zero attached hydrogens (tertiary/aromatic N) is 2. The van der Waals surface area contributed by atoms with Crippen molar-refractivity contribution in [2.45, 2.75) is 27.3 Å². The molecule has 0 saturated heterocycles. The molecule has 1 N–H and O–H groups in total. The van der Waals surface area contributed by atoms with Crippen molar-refractivity contribution in [2.75, 3.05) is 5.32 Å². The number of aryl methyl sites for hydroxylation is 3. The molecule has 0 atom stereocenters. The molecule has 4 nitrogen and oxygen atoms in total. The standard InChI is InChI=1S/C12H15N3O/c1-8-4-5-11(6-9(8)2)13-7-12-14-10(3)15-16-12/h4-6,13H,7H2,1-3H3. The Balaban J connectivity index is 2.02. The summed E-state index contributed by atoms with van der Waals surface area (Å²) in [7, 11) is 0. The van der Waals surface area contributed by atoms with Gasteiger partial charge in [-0.2, -0.15) is 4.98 Å². The SMILES string of the molecule is Cc1noc(CNc2ccc(C)c(C)c2)n1. The van der Waals surface area contributed by atoms with Crippen LogP contribution in [0.15, 0.2) is 22.7 Å². The summed E-state index contributed by atoms with van der Waals surface area (Å²) >= 11 is 0. The molecular formula is C12H15N3O. The monoisotopic (exact) mass is 217 g/mol. The van der Waals surface area contributed by atoms with E-state index in [-0.39, 0.29) is 0 Å². The summed E-state index contributed by atoms with van der Waals surface area (Å²) in [6.07, 6.45) is 0. The maximum absolute atomic E-state index is 5.02. The number of hydrogen-bond donors (Lipinski definition) is 1. The predicted octanol–water partition coefficient (Wildman–Crippen LogP) is 2.61. The molecule has 0 amide bonds. The number of benzene rings is 1. The molecule has 4 heteroatoms. The summed E-state index contributed by atoms with van der Waals surface area (Å²) in [4.78, 5) is 4.13. The Bertz CT molecular complexity index is 491. The van der Waals surface area contributed by atoms with Gasteiger partial charge >= 0.3 is 0 Å². The molecule has 0 saturated carbocycles. The van der Waals surface area contributed by atoms with Crippen LogP contribution in [0.3, 0.4) is 0 Å². The van der Waals surface area contributed by atoms with Crippen molar-refractivity contribution in [3.63, 3.8) is 0 Å². The molecule has 1 heterocycles. The van der Waals surface area contributed by atoms with Gasteiger partial charge in [-0.15, -0.1) is 0 Å². The minimum atomic E-state index is 0.559. The van der Waals surface area contributed by atoms with Gasteiger partial charge in [0.05, 0.1) is 6.54 Å². The molecule has 16 heavy (non-hydrogen) atoms. The molecule has 0 radical (unpaired) electrons. The van der Waals surface area contributed by atoms with Crippen LogP contribution in [-0.2, 0) is 6.54 Å². The first kappa shape index (κ1) is 10.7. The normalized spacial score (nSPS) is 10.4. The molecule has 0 aliphatic carbocycles. The zero-order valence-corrected chi connectivity index (χ0v) is 9.74. The Morgan fingerprint density at radius 3 is 2.62 bits per heavy atom. The molecule has 2 rings (SSSR count). The van der Waals surface area contributed by atoms with Crippen LogP contribution in [0.2, 0.25) is 0 Å². The molecule has 0 fully saturated rings. The zero-order valence-electron chi connectivity index (χ0n) is 9.74. The second kappa shape index (κ2) is 4.35. The first-order valence-corrected chi connectivity index (χ1v) is 5.25. The molecule has 84 valence electrons. The summed E-state index contributed by atoms with van der Waals surface area (Å²) in [5.41, 5.74) is 3.63. The lowest BCUT2D eigenvalue weighted by Gasteiger charge is -2.06. The van der Waals surface area contributed by atoms with Gasteiger partial charge in [-0.3, -0.25) is 0 Å². The van der Waals surface area contributed by atoms with E-state index < -0.39 is 0 Å². The number of aromatic nitrogens is 2. The molecule has 0 aliphatic rings. The van der Waals surface area contributed by atoms with E-state index in [2.05, 4.69) is 41.4 Å². The quantitative estimate of drug-likeness (QED) is 0.858. The van der Waals surface area contributed by atoms with Crippen molar-refractivity contribution in [3.8, 4) is 0 Å². The van der Waals surface area contributed by atoms with Gasteiger partial charge in [0, 0.05) is 5.69 Å². The van der Waals surface area contributed by atoms with Gasteiger partial charge in [0.25, 0.3) is 0 Å². The van der Waals surface area contributed by atoms with E-state index in [1.165, 1.54) is 11.1 Å². The minimum absolute atomic E-state index is 0.559. The van der Waals surface area contributed by atoms with Crippen molar-refractivity contribution in [1.82, 2.24) is 10.1 Å². The zero-order chi connectivity index (χ0) is 11.5. The summed E-state index contributed by atoms with van der Waals surface area (Å²) < 4.78 is 5.02. The van der Waals surface area contributed by atoms with Crippen LogP contribution >= 0.6 is 0 Å². The van der Waals surface area contributed by atoms with Crippen molar-refractivity contribution in [2.24, 2.45) is 0 Å². The van der Waals surface area contributed by atoms with Crippen LogP contribution in [0.4, 0.5) is 5.69 Å². The van der Waals surface area contributed by atoms with E-state index >= 15 is 0 Å². The largest absolute Gasteiger partial charge is 0.376 e. The van der Waals surface area contributed by atoms with Gasteiger partial charge in [-0.1, -0.05) is 11.2 Å².